The summed E-state index contributed by atoms with van der Waals surface area (Å²) >= 11 is 0. The molecule has 2 nitrogen and oxygen atoms in total. The van der Waals surface area contributed by atoms with Gasteiger partial charge in [-0.25, -0.2) is 0 Å². The summed E-state index contributed by atoms with van der Waals surface area (Å²) in [5.74, 6) is 1.30. The molecule has 1 saturated carbocycles. The van der Waals surface area contributed by atoms with Crippen LogP contribution in [-0.4, -0.2) is 12.4 Å². The quantitative estimate of drug-likeness (QED) is 0.508. The highest BCUT2D eigenvalue weighted by Crippen LogP contribution is 2.31. The average Bonchev–Trinajstić information content (AvgIpc) is 2.53. The zero-order chi connectivity index (χ0) is 12.0. The van der Waals surface area contributed by atoms with Crippen molar-refractivity contribution in [1.29, 1.82) is 0 Å². The first-order valence-electron chi connectivity index (χ1n) is 6.05. The van der Waals surface area contributed by atoms with Gasteiger partial charge >= 0.3 is 0 Å². The van der Waals surface area contributed by atoms with E-state index in [-0.39, 0.29) is 5.92 Å². The predicted octanol–water partition coefficient (Wildman–Crippen LogP) is 3.49. The van der Waals surface area contributed by atoms with Crippen molar-refractivity contribution in [2.75, 3.05) is 6.61 Å². The lowest BCUT2D eigenvalue weighted by Gasteiger charge is -2.11. The van der Waals surface area contributed by atoms with Gasteiger partial charge in [0.15, 0.2) is 0 Å². The number of carbonyl (C=O) groups excluding carboxylic acids is 1. The molecule has 0 N–H and O–H groups in total. The van der Waals surface area contributed by atoms with E-state index in [2.05, 4.69) is 13.5 Å². The van der Waals surface area contributed by atoms with E-state index in [9.17, 15) is 4.79 Å². The van der Waals surface area contributed by atoms with Gasteiger partial charge in [0.2, 0.25) is 0 Å². The standard InChI is InChI=1S/C14H22O2/c1-11(2)10-16-9-5-4-6-13-12(3)7-8-14(13)15/h5,9,12-13H,1,4,6-8,10H2,2-3H3/b9-5+. The molecule has 1 fully saturated rings. The molecule has 1 aliphatic rings. The van der Waals surface area contributed by atoms with Crippen LogP contribution in [0.1, 0.15) is 39.5 Å². The first-order valence-corrected chi connectivity index (χ1v) is 6.05. The molecular weight excluding hydrogens is 200 g/mol. The SMILES string of the molecule is C=C(C)CO/C=C/CCC1C(=O)CCC1C. The van der Waals surface area contributed by atoms with Gasteiger partial charge in [0.05, 0.1) is 6.26 Å². The Balaban J connectivity index is 2.15. The first-order chi connectivity index (χ1) is 7.61. The van der Waals surface area contributed by atoms with Gasteiger partial charge in [0.25, 0.3) is 0 Å². The Bertz CT molecular complexity index is 278. The lowest BCUT2D eigenvalue weighted by atomic mass is 9.93. The molecular formula is C14H22O2. The van der Waals surface area contributed by atoms with Crippen LogP contribution in [-0.2, 0) is 9.53 Å². The molecule has 0 radical (unpaired) electrons. The van der Waals surface area contributed by atoms with Gasteiger partial charge in [-0.2, -0.15) is 0 Å². The summed E-state index contributed by atoms with van der Waals surface area (Å²) in [5, 5.41) is 0. The minimum absolute atomic E-state index is 0.283. The van der Waals surface area contributed by atoms with E-state index in [1.165, 1.54) is 0 Å². The fourth-order valence-electron chi connectivity index (χ4n) is 2.12. The third kappa shape index (κ3) is 4.21. The van der Waals surface area contributed by atoms with E-state index < -0.39 is 0 Å². The maximum Gasteiger partial charge on any atom is 0.136 e. The third-order valence-corrected chi connectivity index (χ3v) is 3.11. The summed E-state index contributed by atoms with van der Waals surface area (Å²) in [6, 6.07) is 0. The van der Waals surface area contributed by atoms with Crippen LogP contribution in [0.2, 0.25) is 0 Å². The van der Waals surface area contributed by atoms with E-state index >= 15 is 0 Å². The molecule has 0 heterocycles. The molecule has 0 aromatic carbocycles. The van der Waals surface area contributed by atoms with Crippen LogP contribution in [0.15, 0.2) is 24.5 Å². The maximum absolute atomic E-state index is 11.5. The number of hydrogen-bond acceptors (Lipinski definition) is 2. The van der Waals surface area contributed by atoms with Crippen LogP contribution in [0.25, 0.3) is 0 Å². The third-order valence-electron chi connectivity index (χ3n) is 3.11. The normalized spacial score (nSPS) is 25.2. The van der Waals surface area contributed by atoms with Crippen molar-refractivity contribution in [1.82, 2.24) is 0 Å². The van der Waals surface area contributed by atoms with Gasteiger partial charge < -0.3 is 4.74 Å². The maximum atomic E-state index is 11.5. The first kappa shape index (κ1) is 13.0. The van der Waals surface area contributed by atoms with Crippen LogP contribution in [0.4, 0.5) is 0 Å². The van der Waals surface area contributed by atoms with Crippen LogP contribution < -0.4 is 0 Å². The van der Waals surface area contributed by atoms with Crippen molar-refractivity contribution in [2.24, 2.45) is 11.8 Å². The van der Waals surface area contributed by atoms with Crippen LogP contribution in [0.3, 0.4) is 0 Å². The molecule has 0 aliphatic heterocycles. The summed E-state index contributed by atoms with van der Waals surface area (Å²) in [6.07, 6.45) is 7.46. The average molecular weight is 222 g/mol. The Morgan fingerprint density at radius 2 is 2.38 bits per heavy atom. The number of Topliss-reactive ketones (excluding diaryl/α,β-unsaturated/α-hetero) is 1. The Kier molecular flexibility index (Phi) is 5.30. The highest BCUT2D eigenvalue weighted by atomic mass is 16.5. The molecule has 0 aromatic heterocycles. The van der Waals surface area contributed by atoms with Gasteiger partial charge in [0, 0.05) is 12.3 Å². The fraction of sp³-hybridized carbons (Fsp3) is 0.643. The van der Waals surface area contributed by atoms with Gasteiger partial charge in [-0.1, -0.05) is 13.5 Å². The lowest BCUT2D eigenvalue weighted by Crippen LogP contribution is -2.11. The largest absolute Gasteiger partial charge is 0.497 e. The van der Waals surface area contributed by atoms with E-state index in [1.54, 1.807) is 6.26 Å². The second kappa shape index (κ2) is 6.51. The van der Waals surface area contributed by atoms with E-state index in [4.69, 9.17) is 4.74 Å². The number of carbonyl (C=O) groups is 1. The molecule has 0 spiro atoms. The molecule has 0 bridgehead atoms. The minimum atomic E-state index is 0.283. The van der Waals surface area contributed by atoms with Gasteiger partial charge in [-0.15, -0.1) is 0 Å². The van der Waals surface area contributed by atoms with Crippen LogP contribution in [0, 0.1) is 11.8 Å². The molecule has 0 amide bonds. The summed E-state index contributed by atoms with van der Waals surface area (Å²) in [7, 11) is 0. The lowest BCUT2D eigenvalue weighted by molar-refractivity contribution is -0.121. The molecule has 2 atom stereocenters. The molecule has 0 aromatic rings. The smallest absolute Gasteiger partial charge is 0.136 e. The van der Waals surface area contributed by atoms with Gasteiger partial charge in [-0.3, -0.25) is 4.79 Å². The van der Waals surface area contributed by atoms with Crippen molar-refractivity contribution < 1.29 is 9.53 Å². The van der Waals surface area contributed by atoms with Crippen LogP contribution >= 0.6 is 0 Å². The van der Waals surface area contributed by atoms with E-state index in [0.29, 0.717) is 18.3 Å². The van der Waals surface area contributed by atoms with Crippen LogP contribution in [0.5, 0.6) is 0 Å². The van der Waals surface area contributed by atoms with Crippen molar-refractivity contribution in [3.63, 3.8) is 0 Å². The van der Waals surface area contributed by atoms with Gasteiger partial charge in [0.1, 0.15) is 12.4 Å². The second-order valence-corrected chi connectivity index (χ2v) is 4.81. The predicted molar refractivity (Wildman–Crippen MR) is 66.0 cm³/mol. The monoisotopic (exact) mass is 222 g/mol. The van der Waals surface area contributed by atoms with Crippen molar-refractivity contribution >= 4 is 5.78 Å². The Morgan fingerprint density at radius 3 is 2.94 bits per heavy atom. The Labute approximate surface area is 98.4 Å². The number of hydrogen-bond donors (Lipinski definition) is 0. The Morgan fingerprint density at radius 1 is 1.62 bits per heavy atom. The molecule has 90 valence electrons. The second-order valence-electron chi connectivity index (χ2n) is 4.81. The Hall–Kier alpha value is -1.05. The molecule has 0 saturated heterocycles. The minimum Gasteiger partial charge on any atom is -0.497 e. The van der Waals surface area contributed by atoms with Crippen molar-refractivity contribution in [3.8, 4) is 0 Å². The zero-order valence-corrected chi connectivity index (χ0v) is 10.4. The molecule has 2 unspecified atom stereocenters. The molecule has 2 heteroatoms. The molecule has 1 aliphatic carbocycles. The number of ketones is 1. The summed E-state index contributed by atoms with van der Waals surface area (Å²) in [4.78, 5) is 11.5. The number of ether oxygens (including phenoxy) is 1. The van der Waals surface area contributed by atoms with E-state index in [0.717, 1.165) is 31.3 Å². The zero-order valence-electron chi connectivity index (χ0n) is 10.4. The molecule has 16 heavy (non-hydrogen) atoms. The van der Waals surface area contributed by atoms with Crippen molar-refractivity contribution in [3.05, 3.63) is 24.5 Å². The van der Waals surface area contributed by atoms with E-state index in [1.807, 2.05) is 13.0 Å². The number of rotatable bonds is 6. The number of allylic oxidation sites excluding steroid dienone is 1. The molecule has 1 rings (SSSR count). The fourth-order valence-corrected chi connectivity index (χ4v) is 2.12. The van der Waals surface area contributed by atoms with Gasteiger partial charge in [-0.05, 0) is 43.8 Å². The summed E-state index contributed by atoms with van der Waals surface area (Å²) < 4.78 is 5.25. The highest BCUT2D eigenvalue weighted by Gasteiger charge is 2.30. The highest BCUT2D eigenvalue weighted by molar-refractivity contribution is 5.83. The summed E-state index contributed by atoms with van der Waals surface area (Å²) in [5.41, 5.74) is 1.02. The topological polar surface area (TPSA) is 26.3 Å². The summed E-state index contributed by atoms with van der Waals surface area (Å²) in [6.45, 7) is 8.45. The van der Waals surface area contributed by atoms with Crippen molar-refractivity contribution in [2.45, 2.75) is 39.5 Å².